The number of nitrogens with two attached hydrogens (primary N) is 1. The Bertz CT molecular complexity index is 450. The van der Waals surface area contributed by atoms with Crippen LogP contribution in [-0.2, 0) is 4.74 Å². The van der Waals surface area contributed by atoms with Gasteiger partial charge in [-0.1, -0.05) is 6.07 Å². The van der Waals surface area contributed by atoms with Crippen LogP contribution in [0.25, 0.3) is 0 Å². The Balaban J connectivity index is 2.32. The van der Waals surface area contributed by atoms with Gasteiger partial charge in [0.1, 0.15) is 5.84 Å². The van der Waals surface area contributed by atoms with E-state index in [9.17, 15) is 0 Å². The van der Waals surface area contributed by atoms with E-state index in [0.717, 1.165) is 41.7 Å². The molecular weight excluding hydrogens is 294 g/mol. The number of nitrogens with zero attached hydrogens (tertiary/aromatic N) is 1. The fraction of sp³-hybridized carbons (Fsp3) is 0.462. The van der Waals surface area contributed by atoms with E-state index < -0.39 is 0 Å². The summed E-state index contributed by atoms with van der Waals surface area (Å²) in [5.74, 6) is 0.0945. The van der Waals surface area contributed by atoms with Gasteiger partial charge in [0.15, 0.2) is 0 Å². The second-order valence-electron chi connectivity index (χ2n) is 4.49. The molecule has 1 aliphatic heterocycles. The molecule has 1 aromatic rings. The van der Waals surface area contributed by atoms with Gasteiger partial charge in [-0.05, 0) is 40.9 Å². The van der Waals surface area contributed by atoms with Crippen LogP contribution in [0.15, 0.2) is 22.7 Å². The highest BCUT2D eigenvalue weighted by Crippen LogP contribution is 2.29. The van der Waals surface area contributed by atoms with E-state index in [1.807, 2.05) is 18.2 Å². The van der Waals surface area contributed by atoms with Crippen LogP contribution in [0, 0.1) is 5.41 Å². The van der Waals surface area contributed by atoms with Crippen molar-refractivity contribution in [2.45, 2.75) is 18.9 Å². The van der Waals surface area contributed by atoms with Crippen molar-refractivity contribution in [2.24, 2.45) is 5.73 Å². The first kappa shape index (κ1) is 13.4. The van der Waals surface area contributed by atoms with E-state index in [1.54, 1.807) is 7.11 Å². The Morgan fingerprint density at radius 1 is 1.56 bits per heavy atom. The van der Waals surface area contributed by atoms with E-state index >= 15 is 0 Å². The third-order valence-electron chi connectivity index (χ3n) is 3.31. The number of amidine groups is 1. The highest BCUT2D eigenvalue weighted by Gasteiger charge is 2.22. The van der Waals surface area contributed by atoms with Crippen molar-refractivity contribution in [2.75, 3.05) is 25.1 Å². The van der Waals surface area contributed by atoms with Crippen LogP contribution in [0.5, 0.6) is 0 Å². The molecular formula is C13H18BrN3O. The maximum Gasteiger partial charge on any atom is 0.126 e. The van der Waals surface area contributed by atoms with Crippen LogP contribution in [-0.4, -0.2) is 32.1 Å². The molecule has 1 saturated heterocycles. The number of hydrogen-bond donors (Lipinski definition) is 2. The first-order chi connectivity index (χ1) is 8.63. The molecule has 0 aliphatic carbocycles. The zero-order valence-corrected chi connectivity index (χ0v) is 12.0. The number of hydrogen-bond acceptors (Lipinski definition) is 3. The summed E-state index contributed by atoms with van der Waals surface area (Å²) < 4.78 is 6.30. The number of halogens is 1. The van der Waals surface area contributed by atoms with Gasteiger partial charge in [-0.2, -0.15) is 0 Å². The molecule has 4 nitrogen and oxygen atoms in total. The van der Waals surface area contributed by atoms with E-state index in [2.05, 4.69) is 20.8 Å². The fourth-order valence-corrected chi connectivity index (χ4v) is 2.96. The number of benzene rings is 1. The Kier molecular flexibility index (Phi) is 4.24. The Labute approximate surface area is 116 Å². The second kappa shape index (κ2) is 5.71. The molecule has 0 bridgehead atoms. The molecule has 1 aliphatic rings. The zero-order chi connectivity index (χ0) is 13.1. The van der Waals surface area contributed by atoms with Crippen LogP contribution in [0.3, 0.4) is 0 Å². The molecule has 5 heteroatoms. The van der Waals surface area contributed by atoms with Gasteiger partial charge in [-0.3, -0.25) is 5.41 Å². The average Bonchev–Trinajstić information content (AvgIpc) is 2.38. The highest BCUT2D eigenvalue weighted by molar-refractivity contribution is 9.10. The predicted octanol–water partition coefficient (Wildman–Crippen LogP) is 2.35. The number of anilines is 1. The molecule has 0 radical (unpaired) electrons. The van der Waals surface area contributed by atoms with Gasteiger partial charge in [0.2, 0.25) is 0 Å². The van der Waals surface area contributed by atoms with Gasteiger partial charge < -0.3 is 15.4 Å². The third-order valence-corrected chi connectivity index (χ3v) is 3.97. The minimum Gasteiger partial charge on any atom is -0.384 e. The molecule has 0 saturated carbocycles. The number of nitrogens with one attached hydrogen (secondary N) is 1. The Morgan fingerprint density at radius 2 is 2.33 bits per heavy atom. The molecule has 1 unspecified atom stereocenters. The van der Waals surface area contributed by atoms with Crippen molar-refractivity contribution in [3.8, 4) is 0 Å². The van der Waals surface area contributed by atoms with Crippen molar-refractivity contribution in [1.82, 2.24) is 0 Å². The molecule has 18 heavy (non-hydrogen) atoms. The maximum atomic E-state index is 7.72. The lowest BCUT2D eigenvalue weighted by Crippen LogP contribution is -2.40. The highest BCUT2D eigenvalue weighted by atomic mass is 79.9. The normalized spacial score (nSPS) is 19.9. The molecule has 1 atom stereocenters. The largest absolute Gasteiger partial charge is 0.384 e. The van der Waals surface area contributed by atoms with E-state index in [1.165, 1.54) is 0 Å². The summed E-state index contributed by atoms with van der Waals surface area (Å²) >= 11 is 3.47. The minimum absolute atomic E-state index is 0.0945. The number of rotatable bonds is 3. The summed E-state index contributed by atoms with van der Waals surface area (Å²) in [5, 5.41) is 7.72. The number of nitrogen functional groups attached to an aromatic ring is 1. The zero-order valence-electron chi connectivity index (χ0n) is 10.4. The van der Waals surface area contributed by atoms with Gasteiger partial charge >= 0.3 is 0 Å². The summed E-state index contributed by atoms with van der Waals surface area (Å²) in [6.45, 7) is 1.84. The maximum absolute atomic E-state index is 7.72. The average molecular weight is 312 g/mol. The summed E-state index contributed by atoms with van der Waals surface area (Å²) in [6.07, 6.45) is 2.45. The smallest absolute Gasteiger partial charge is 0.126 e. The lowest BCUT2D eigenvalue weighted by Gasteiger charge is -2.34. The van der Waals surface area contributed by atoms with Crippen molar-refractivity contribution in [1.29, 1.82) is 5.41 Å². The van der Waals surface area contributed by atoms with Crippen molar-refractivity contribution < 1.29 is 4.74 Å². The van der Waals surface area contributed by atoms with Crippen molar-refractivity contribution in [3.05, 3.63) is 28.2 Å². The quantitative estimate of drug-likeness (QED) is 0.665. The Hall–Kier alpha value is -1.07. The molecule has 0 aromatic heterocycles. The van der Waals surface area contributed by atoms with Crippen LogP contribution < -0.4 is 10.6 Å². The number of piperidine rings is 1. The van der Waals surface area contributed by atoms with Crippen LogP contribution in [0.1, 0.15) is 18.4 Å². The lowest BCUT2D eigenvalue weighted by molar-refractivity contribution is 0.0893. The summed E-state index contributed by atoms with van der Waals surface area (Å²) in [6, 6.07) is 5.90. The monoisotopic (exact) mass is 311 g/mol. The minimum atomic E-state index is 0.0945. The fourth-order valence-electron chi connectivity index (χ4n) is 2.39. The predicted molar refractivity (Wildman–Crippen MR) is 77.4 cm³/mol. The van der Waals surface area contributed by atoms with Gasteiger partial charge in [0, 0.05) is 30.4 Å². The third kappa shape index (κ3) is 2.67. The van der Waals surface area contributed by atoms with Crippen LogP contribution >= 0.6 is 15.9 Å². The Morgan fingerprint density at radius 3 is 3.00 bits per heavy atom. The number of methoxy groups -OCH3 is 1. The molecule has 1 aromatic carbocycles. The topological polar surface area (TPSA) is 62.3 Å². The summed E-state index contributed by atoms with van der Waals surface area (Å²) in [4.78, 5) is 2.25. The lowest BCUT2D eigenvalue weighted by atomic mass is 10.0. The van der Waals surface area contributed by atoms with E-state index in [-0.39, 0.29) is 11.9 Å². The second-order valence-corrected chi connectivity index (χ2v) is 5.35. The standard InChI is InChI=1S/C13H18BrN3O/c1-18-9-4-3-7-17(8-9)11-6-2-5-10(14)12(11)13(15)16/h2,5-6,9H,3-4,7-8H2,1H3,(H3,15,16). The van der Waals surface area contributed by atoms with E-state index in [0.29, 0.717) is 0 Å². The van der Waals surface area contributed by atoms with Crippen LogP contribution in [0.4, 0.5) is 5.69 Å². The van der Waals surface area contributed by atoms with Crippen molar-refractivity contribution in [3.63, 3.8) is 0 Å². The molecule has 3 N–H and O–H groups in total. The van der Waals surface area contributed by atoms with Gasteiger partial charge in [-0.15, -0.1) is 0 Å². The first-order valence-electron chi connectivity index (χ1n) is 6.04. The van der Waals surface area contributed by atoms with Crippen LogP contribution in [0.2, 0.25) is 0 Å². The molecule has 1 heterocycles. The molecule has 98 valence electrons. The summed E-state index contributed by atoms with van der Waals surface area (Å²) in [7, 11) is 1.75. The molecule has 0 amide bonds. The van der Waals surface area contributed by atoms with Gasteiger partial charge in [0.05, 0.1) is 11.7 Å². The summed E-state index contributed by atoms with van der Waals surface area (Å²) in [5.41, 5.74) is 7.47. The number of ether oxygens (including phenoxy) is 1. The first-order valence-corrected chi connectivity index (χ1v) is 6.83. The van der Waals surface area contributed by atoms with Gasteiger partial charge in [-0.25, -0.2) is 0 Å². The van der Waals surface area contributed by atoms with Gasteiger partial charge in [0.25, 0.3) is 0 Å². The molecule has 2 rings (SSSR count). The SMILES string of the molecule is COC1CCCN(c2cccc(Br)c2C(=N)N)C1. The molecule has 0 spiro atoms. The van der Waals surface area contributed by atoms with Crippen molar-refractivity contribution >= 4 is 27.5 Å². The molecule has 1 fully saturated rings. The van der Waals surface area contributed by atoms with E-state index in [4.69, 9.17) is 15.9 Å².